The van der Waals surface area contributed by atoms with E-state index in [1.165, 1.54) is 42.7 Å². The van der Waals surface area contributed by atoms with Gasteiger partial charge in [-0.2, -0.15) is 0 Å². The van der Waals surface area contributed by atoms with Crippen LogP contribution in [0.15, 0.2) is 66.9 Å². The molecule has 0 saturated carbocycles. The zero-order chi connectivity index (χ0) is 23.9. The molecule has 4 rings (SSSR count). The molecule has 0 amide bonds. The van der Waals surface area contributed by atoms with Gasteiger partial charge in [-0.15, -0.1) is 0 Å². The third-order valence-electron chi connectivity index (χ3n) is 5.86. The van der Waals surface area contributed by atoms with E-state index in [2.05, 4.69) is 29.8 Å². The maximum absolute atomic E-state index is 14.6. The Morgan fingerprint density at radius 2 is 1.47 bits per heavy atom. The van der Waals surface area contributed by atoms with E-state index in [-0.39, 0.29) is 11.4 Å². The number of aryl methyl sites for hydroxylation is 3. The van der Waals surface area contributed by atoms with Crippen LogP contribution in [0.25, 0.3) is 10.8 Å². The van der Waals surface area contributed by atoms with E-state index < -0.39 is 11.6 Å². The minimum Gasteiger partial charge on any atom is -0.261 e. The van der Waals surface area contributed by atoms with Crippen molar-refractivity contribution >= 4 is 10.8 Å². The second kappa shape index (κ2) is 11.0. The van der Waals surface area contributed by atoms with Crippen LogP contribution in [0.2, 0.25) is 0 Å². The van der Waals surface area contributed by atoms with Gasteiger partial charge in [0, 0.05) is 17.5 Å². The van der Waals surface area contributed by atoms with Gasteiger partial charge in [-0.25, -0.2) is 13.2 Å². The largest absolute Gasteiger partial charge is 0.261 e. The highest BCUT2D eigenvalue weighted by molar-refractivity contribution is 5.84. The van der Waals surface area contributed by atoms with Gasteiger partial charge in [0.25, 0.3) is 0 Å². The van der Waals surface area contributed by atoms with Crippen molar-refractivity contribution in [2.45, 2.75) is 45.4 Å². The minimum absolute atomic E-state index is 0.252. The van der Waals surface area contributed by atoms with Gasteiger partial charge >= 0.3 is 0 Å². The molecule has 34 heavy (non-hydrogen) atoms. The average molecular weight is 458 g/mol. The van der Waals surface area contributed by atoms with Crippen LogP contribution in [0.3, 0.4) is 0 Å². The Morgan fingerprint density at radius 1 is 0.706 bits per heavy atom. The maximum Gasteiger partial charge on any atom is 0.142 e. The SMILES string of the molecule is CCCCCc1ccc(CCc2cc(F)c(C#Cc3ccc4cc(F)ccc4c3)c(F)c2)nc1. The van der Waals surface area contributed by atoms with Gasteiger partial charge in [-0.3, -0.25) is 4.98 Å². The standard InChI is InChI=1S/C30H26F3N/c1-2-3-4-5-22-7-13-27(34-20-22)14-8-23-17-29(32)28(30(33)18-23)15-9-21-6-10-25-19-26(31)12-11-24(25)16-21/h6-7,10-13,16-20H,2-5,8,14H2,1H3. The number of halogens is 3. The first-order valence-corrected chi connectivity index (χ1v) is 11.6. The summed E-state index contributed by atoms with van der Waals surface area (Å²) in [5.41, 5.74) is 3.04. The van der Waals surface area contributed by atoms with Crippen LogP contribution in [-0.4, -0.2) is 4.98 Å². The maximum atomic E-state index is 14.6. The van der Waals surface area contributed by atoms with E-state index in [9.17, 15) is 13.2 Å². The molecule has 1 aromatic heterocycles. The summed E-state index contributed by atoms with van der Waals surface area (Å²) in [6, 6.07) is 16.4. The Morgan fingerprint density at radius 3 is 2.21 bits per heavy atom. The lowest BCUT2D eigenvalue weighted by molar-refractivity contribution is 0.573. The molecular formula is C30H26F3N. The van der Waals surface area contributed by atoms with Crippen molar-refractivity contribution < 1.29 is 13.2 Å². The molecule has 3 aromatic carbocycles. The molecule has 0 aliphatic heterocycles. The first kappa shape index (κ1) is 23.6. The monoisotopic (exact) mass is 457 g/mol. The molecular weight excluding hydrogens is 431 g/mol. The Bertz CT molecular complexity index is 1320. The summed E-state index contributed by atoms with van der Waals surface area (Å²) in [5.74, 6) is 3.76. The smallest absolute Gasteiger partial charge is 0.142 e. The van der Waals surface area contributed by atoms with Crippen molar-refractivity contribution in [3.05, 3.63) is 112 Å². The number of unbranched alkanes of at least 4 members (excludes halogenated alkanes) is 2. The predicted molar refractivity (Wildman–Crippen MR) is 131 cm³/mol. The second-order valence-electron chi connectivity index (χ2n) is 8.51. The molecule has 0 unspecified atom stereocenters. The van der Waals surface area contributed by atoms with Gasteiger partial charge in [0.2, 0.25) is 0 Å². The fourth-order valence-corrected chi connectivity index (χ4v) is 3.92. The van der Waals surface area contributed by atoms with E-state index in [0.717, 1.165) is 29.3 Å². The number of aromatic nitrogens is 1. The number of hydrogen-bond acceptors (Lipinski definition) is 1. The van der Waals surface area contributed by atoms with Crippen LogP contribution in [-0.2, 0) is 19.3 Å². The topological polar surface area (TPSA) is 12.9 Å². The fourth-order valence-electron chi connectivity index (χ4n) is 3.92. The van der Waals surface area contributed by atoms with Crippen molar-refractivity contribution in [2.75, 3.05) is 0 Å². The van der Waals surface area contributed by atoms with E-state index in [4.69, 9.17) is 0 Å². The van der Waals surface area contributed by atoms with E-state index in [1.807, 2.05) is 12.3 Å². The van der Waals surface area contributed by atoms with Crippen molar-refractivity contribution in [1.82, 2.24) is 4.98 Å². The first-order chi connectivity index (χ1) is 16.5. The van der Waals surface area contributed by atoms with Gasteiger partial charge in [-0.1, -0.05) is 49.8 Å². The van der Waals surface area contributed by atoms with E-state index in [1.54, 1.807) is 24.3 Å². The Hall–Kier alpha value is -3.58. The first-order valence-electron chi connectivity index (χ1n) is 11.6. The number of rotatable bonds is 7. The molecule has 0 radical (unpaired) electrons. The highest BCUT2D eigenvalue weighted by atomic mass is 19.1. The number of fused-ring (bicyclic) bond motifs is 1. The van der Waals surface area contributed by atoms with Crippen molar-refractivity contribution in [3.8, 4) is 11.8 Å². The summed E-state index contributed by atoms with van der Waals surface area (Å²) in [6.07, 6.45) is 7.58. The normalized spacial score (nSPS) is 10.8. The highest BCUT2D eigenvalue weighted by Gasteiger charge is 2.10. The molecule has 0 atom stereocenters. The molecule has 0 saturated heterocycles. The second-order valence-corrected chi connectivity index (χ2v) is 8.51. The number of nitrogens with zero attached hydrogens (tertiary/aromatic N) is 1. The molecule has 0 bridgehead atoms. The summed E-state index contributed by atoms with van der Waals surface area (Å²) in [5, 5.41) is 1.56. The van der Waals surface area contributed by atoms with Crippen LogP contribution in [0.1, 0.15) is 54.1 Å². The Balaban J connectivity index is 1.43. The van der Waals surface area contributed by atoms with Crippen molar-refractivity contribution in [1.29, 1.82) is 0 Å². The van der Waals surface area contributed by atoms with Gasteiger partial charge in [0.15, 0.2) is 0 Å². The van der Waals surface area contributed by atoms with Gasteiger partial charge in [0.05, 0.1) is 5.56 Å². The van der Waals surface area contributed by atoms with Crippen LogP contribution in [0.4, 0.5) is 13.2 Å². The lowest BCUT2D eigenvalue weighted by atomic mass is 10.0. The molecule has 4 aromatic rings. The minimum atomic E-state index is -0.676. The van der Waals surface area contributed by atoms with Crippen LogP contribution < -0.4 is 0 Å². The third-order valence-corrected chi connectivity index (χ3v) is 5.86. The zero-order valence-electron chi connectivity index (χ0n) is 19.2. The lowest BCUT2D eigenvalue weighted by Gasteiger charge is -2.06. The van der Waals surface area contributed by atoms with Crippen LogP contribution in [0, 0.1) is 29.3 Å². The predicted octanol–water partition coefficient (Wildman–Crippen LogP) is 7.57. The molecule has 1 nitrogen and oxygen atoms in total. The molecule has 0 aliphatic carbocycles. The Kier molecular flexibility index (Phi) is 7.65. The van der Waals surface area contributed by atoms with Gasteiger partial charge in [0.1, 0.15) is 17.5 Å². The number of hydrogen-bond donors (Lipinski definition) is 0. The molecule has 1 heterocycles. The number of pyridine rings is 1. The molecule has 0 aliphatic rings. The van der Waals surface area contributed by atoms with E-state index in [0.29, 0.717) is 24.0 Å². The van der Waals surface area contributed by atoms with Gasteiger partial charge in [-0.05, 0) is 90.0 Å². The highest BCUT2D eigenvalue weighted by Crippen LogP contribution is 2.19. The van der Waals surface area contributed by atoms with Crippen molar-refractivity contribution in [2.24, 2.45) is 0 Å². The molecule has 172 valence electrons. The fraction of sp³-hybridized carbons (Fsp3) is 0.233. The van der Waals surface area contributed by atoms with E-state index >= 15 is 0 Å². The zero-order valence-corrected chi connectivity index (χ0v) is 19.2. The van der Waals surface area contributed by atoms with Crippen molar-refractivity contribution in [3.63, 3.8) is 0 Å². The van der Waals surface area contributed by atoms with Crippen LogP contribution in [0.5, 0.6) is 0 Å². The Labute approximate surface area is 198 Å². The molecule has 0 spiro atoms. The summed E-state index contributed by atoms with van der Waals surface area (Å²) in [6.45, 7) is 2.18. The lowest BCUT2D eigenvalue weighted by Crippen LogP contribution is -1.99. The average Bonchev–Trinajstić information content (AvgIpc) is 2.83. The quantitative estimate of drug-likeness (QED) is 0.206. The van der Waals surface area contributed by atoms with Crippen LogP contribution >= 0.6 is 0 Å². The number of benzene rings is 3. The molecule has 0 fully saturated rings. The molecule has 4 heteroatoms. The van der Waals surface area contributed by atoms with Gasteiger partial charge < -0.3 is 0 Å². The summed E-state index contributed by atoms with van der Waals surface area (Å²) < 4.78 is 42.6. The summed E-state index contributed by atoms with van der Waals surface area (Å²) in [7, 11) is 0. The molecule has 0 N–H and O–H groups in total. The summed E-state index contributed by atoms with van der Waals surface area (Å²) in [4.78, 5) is 4.49. The summed E-state index contributed by atoms with van der Waals surface area (Å²) >= 11 is 0. The third kappa shape index (κ3) is 6.05.